The summed E-state index contributed by atoms with van der Waals surface area (Å²) in [5.74, 6) is -1.05. The third-order valence-electron chi connectivity index (χ3n) is 5.19. The number of ketones is 1. The minimum absolute atomic E-state index is 0.0431. The van der Waals surface area contributed by atoms with E-state index in [1.807, 2.05) is 13.0 Å². The van der Waals surface area contributed by atoms with Crippen LogP contribution in [0.4, 0.5) is 4.39 Å². The molecule has 0 unspecified atom stereocenters. The minimum atomic E-state index is -1.07. The molecule has 0 saturated carbocycles. The van der Waals surface area contributed by atoms with E-state index in [-0.39, 0.29) is 27.2 Å². The summed E-state index contributed by atoms with van der Waals surface area (Å²) in [6, 6.07) is 8.49. The molecule has 2 aromatic rings. The maximum absolute atomic E-state index is 14.1. The van der Waals surface area contributed by atoms with Gasteiger partial charge in [-0.3, -0.25) is 4.79 Å². The number of halogens is 3. The number of rotatable bonds is 3. The molecule has 0 aliphatic carbocycles. The van der Waals surface area contributed by atoms with Gasteiger partial charge in [-0.25, -0.2) is 4.39 Å². The van der Waals surface area contributed by atoms with Crippen molar-refractivity contribution in [2.24, 2.45) is 0 Å². The highest BCUT2D eigenvalue weighted by Gasteiger charge is 2.47. The van der Waals surface area contributed by atoms with Crippen LogP contribution in [0.25, 0.3) is 16.7 Å². The van der Waals surface area contributed by atoms with Crippen LogP contribution >= 0.6 is 23.2 Å². The molecule has 0 spiro atoms. The molecule has 29 heavy (non-hydrogen) atoms. The summed E-state index contributed by atoms with van der Waals surface area (Å²) in [6.07, 6.45) is 0.600. The predicted molar refractivity (Wildman–Crippen MR) is 115 cm³/mol. The second kappa shape index (κ2) is 7.42. The van der Waals surface area contributed by atoms with Crippen molar-refractivity contribution in [1.82, 2.24) is 0 Å². The van der Waals surface area contributed by atoms with E-state index in [0.29, 0.717) is 23.1 Å². The number of aliphatic hydroxyl groups is 1. The van der Waals surface area contributed by atoms with E-state index < -0.39 is 17.0 Å². The molecule has 1 N–H and O–H groups in total. The van der Waals surface area contributed by atoms with Gasteiger partial charge in [0.15, 0.2) is 11.6 Å². The SMILES string of the molecule is CCc1cc(-c2ccc(Cl)c(F)c2Cl)ccc1C1=C(O)C(C)(C)OC(C)(C)C1=O. The van der Waals surface area contributed by atoms with Crippen molar-refractivity contribution in [3.8, 4) is 11.1 Å². The van der Waals surface area contributed by atoms with Crippen molar-refractivity contribution < 1.29 is 19.0 Å². The Morgan fingerprint density at radius 1 is 1.03 bits per heavy atom. The zero-order valence-corrected chi connectivity index (χ0v) is 18.5. The van der Waals surface area contributed by atoms with Crippen LogP contribution in [0.15, 0.2) is 36.1 Å². The third kappa shape index (κ3) is 3.70. The molecule has 0 amide bonds. The first-order valence-electron chi connectivity index (χ1n) is 9.36. The molecular formula is C23H23Cl2FO3. The average Bonchev–Trinajstić information content (AvgIpc) is 2.65. The van der Waals surface area contributed by atoms with Crippen LogP contribution in [0.5, 0.6) is 0 Å². The van der Waals surface area contributed by atoms with Crippen LogP contribution in [0, 0.1) is 5.82 Å². The third-order valence-corrected chi connectivity index (χ3v) is 5.85. The maximum Gasteiger partial charge on any atom is 0.198 e. The fourth-order valence-electron chi connectivity index (χ4n) is 3.74. The lowest BCUT2D eigenvalue weighted by molar-refractivity contribution is -0.158. The van der Waals surface area contributed by atoms with Crippen LogP contribution in [0.1, 0.15) is 45.7 Å². The second-order valence-electron chi connectivity index (χ2n) is 8.12. The number of carbonyl (C=O) groups excluding carboxylic acids is 1. The summed E-state index contributed by atoms with van der Waals surface area (Å²) >= 11 is 12.0. The molecule has 1 aliphatic rings. The molecule has 0 radical (unpaired) electrons. The van der Waals surface area contributed by atoms with E-state index in [9.17, 15) is 14.3 Å². The fraction of sp³-hybridized carbons (Fsp3) is 0.348. The predicted octanol–water partition coefficient (Wildman–Crippen LogP) is 6.79. The molecule has 0 aromatic heterocycles. The quantitative estimate of drug-likeness (QED) is 0.538. The van der Waals surface area contributed by atoms with Crippen molar-refractivity contribution in [3.63, 3.8) is 0 Å². The molecule has 3 rings (SSSR count). The van der Waals surface area contributed by atoms with Crippen LogP contribution in [-0.2, 0) is 16.0 Å². The van der Waals surface area contributed by atoms with Gasteiger partial charge in [0.25, 0.3) is 0 Å². The van der Waals surface area contributed by atoms with Crippen LogP contribution < -0.4 is 0 Å². The molecule has 1 heterocycles. The number of hydrogen-bond acceptors (Lipinski definition) is 3. The molecule has 0 saturated heterocycles. The smallest absolute Gasteiger partial charge is 0.198 e. The normalized spacial score (nSPS) is 18.3. The standard InChI is InChI=1S/C23H23Cl2FO3/c1-6-12-11-13(15-9-10-16(24)19(26)18(15)25)7-8-14(12)17-20(27)22(2,3)29-23(4,5)21(17)28/h7-11,27H,6H2,1-5H3. The summed E-state index contributed by atoms with van der Waals surface area (Å²) in [5, 5.41) is 10.7. The first kappa shape index (κ1) is 21.8. The molecule has 2 aromatic carbocycles. The highest BCUT2D eigenvalue weighted by molar-refractivity contribution is 6.36. The zero-order valence-electron chi connectivity index (χ0n) is 17.0. The number of carbonyl (C=O) groups is 1. The summed E-state index contributed by atoms with van der Waals surface area (Å²) in [7, 11) is 0. The largest absolute Gasteiger partial charge is 0.508 e. The van der Waals surface area contributed by atoms with Crippen LogP contribution in [0.2, 0.25) is 10.0 Å². The second-order valence-corrected chi connectivity index (χ2v) is 8.91. The number of benzene rings is 2. The van der Waals surface area contributed by atoms with Crippen LogP contribution in [0.3, 0.4) is 0 Å². The van der Waals surface area contributed by atoms with E-state index >= 15 is 0 Å². The zero-order chi connectivity index (χ0) is 21.7. The minimum Gasteiger partial charge on any atom is -0.508 e. The summed E-state index contributed by atoms with van der Waals surface area (Å²) < 4.78 is 20.0. The Labute approximate surface area is 180 Å². The van der Waals surface area contributed by atoms with Crippen molar-refractivity contribution in [2.45, 2.75) is 52.2 Å². The topological polar surface area (TPSA) is 46.5 Å². The van der Waals surface area contributed by atoms with E-state index in [1.165, 1.54) is 6.07 Å². The highest BCUT2D eigenvalue weighted by atomic mass is 35.5. The highest BCUT2D eigenvalue weighted by Crippen LogP contribution is 2.42. The number of ether oxygens (including phenoxy) is 1. The van der Waals surface area contributed by atoms with Crippen LogP contribution in [-0.4, -0.2) is 22.1 Å². The lowest BCUT2D eigenvalue weighted by Gasteiger charge is -2.40. The number of Topliss-reactive ketones (excluding diaryl/α,β-unsaturated/α-hetero) is 1. The Morgan fingerprint density at radius 2 is 1.66 bits per heavy atom. The van der Waals surface area contributed by atoms with Crippen molar-refractivity contribution in [1.29, 1.82) is 0 Å². The van der Waals surface area contributed by atoms with Crippen molar-refractivity contribution in [2.75, 3.05) is 0 Å². The van der Waals surface area contributed by atoms with Gasteiger partial charge in [-0.05, 0) is 56.9 Å². The van der Waals surface area contributed by atoms with E-state index in [1.54, 1.807) is 45.9 Å². The van der Waals surface area contributed by atoms with Gasteiger partial charge in [0.05, 0.1) is 15.6 Å². The van der Waals surface area contributed by atoms with E-state index in [2.05, 4.69) is 0 Å². The van der Waals surface area contributed by atoms with E-state index in [0.717, 1.165) is 5.56 Å². The monoisotopic (exact) mass is 436 g/mol. The lowest BCUT2D eigenvalue weighted by atomic mass is 9.81. The average molecular weight is 437 g/mol. The number of hydrogen-bond donors (Lipinski definition) is 1. The Balaban J connectivity index is 2.21. The first-order chi connectivity index (χ1) is 13.4. The van der Waals surface area contributed by atoms with Gasteiger partial charge in [0.2, 0.25) is 0 Å². The first-order valence-corrected chi connectivity index (χ1v) is 10.1. The van der Waals surface area contributed by atoms with Gasteiger partial charge in [-0.1, -0.05) is 54.4 Å². The summed E-state index contributed by atoms with van der Waals surface area (Å²) in [6.45, 7) is 8.80. The molecule has 6 heteroatoms. The molecule has 0 fully saturated rings. The van der Waals surface area contributed by atoms with Gasteiger partial charge in [-0.2, -0.15) is 0 Å². The Kier molecular flexibility index (Phi) is 5.59. The van der Waals surface area contributed by atoms with Gasteiger partial charge in [0.1, 0.15) is 17.0 Å². The van der Waals surface area contributed by atoms with E-state index in [4.69, 9.17) is 27.9 Å². The Bertz CT molecular complexity index is 1040. The van der Waals surface area contributed by atoms with Crippen molar-refractivity contribution in [3.05, 3.63) is 63.1 Å². The number of aliphatic hydroxyl groups excluding tert-OH is 1. The molecule has 0 bridgehead atoms. The van der Waals surface area contributed by atoms with Crippen molar-refractivity contribution >= 4 is 34.6 Å². The van der Waals surface area contributed by atoms with Gasteiger partial charge >= 0.3 is 0 Å². The molecule has 1 aliphatic heterocycles. The fourth-order valence-corrected chi connectivity index (χ4v) is 4.22. The lowest BCUT2D eigenvalue weighted by Crippen LogP contribution is -2.49. The Hall–Kier alpha value is -1.88. The summed E-state index contributed by atoms with van der Waals surface area (Å²) in [5.41, 5.74) is 0.849. The molecule has 3 nitrogen and oxygen atoms in total. The molecule has 0 atom stereocenters. The molecular weight excluding hydrogens is 414 g/mol. The number of aryl methyl sites for hydroxylation is 1. The maximum atomic E-state index is 14.1. The van der Waals surface area contributed by atoms with Gasteiger partial charge in [0, 0.05) is 5.56 Å². The van der Waals surface area contributed by atoms with Gasteiger partial charge < -0.3 is 9.84 Å². The van der Waals surface area contributed by atoms with Gasteiger partial charge in [-0.15, -0.1) is 0 Å². The Morgan fingerprint density at radius 3 is 2.28 bits per heavy atom. The summed E-state index contributed by atoms with van der Waals surface area (Å²) in [4.78, 5) is 13.1. The molecule has 154 valence electrons.